The summed E-state index contributed by atoms with van der Waals surface area (Å²) in [5.41, 5.74) is 11.0. The van der Waals surface area contributed by atoms with Gasteiger partial charge in [-0.25, -0.2) is 4.79 Å². The predicted octanol–water partition coefficient (Wildman–Crippen LogP) is 3.71. The molecule has 0 atom stereocenters. The number of hydrogen-bond acceptors (Lipinski definition) is 5. The van der Waals surface area contributed by atoms with Crippen LogP contribution in [0, 0.1) is 11.3 Å². The van der Waals surface area contributed by atoms with Gasteiger partial charge in [-0.05, 0) is 29.8 Å². The molecule has 7 nitrogen and oxygen atoms in total. The fourth-order valence-corrected chi connectivity index (χ4v) is 3.22. The van der Waals surface area contributed by atoms with Crippen molar-refractivity contribution < 1.29 is 14.3 Å². The highest BCUT2D eigenvalue weighted by Gasteiger charge is 2.26. The molecule has 0 spiro atoms. The van der Waals surface area contributed by atoms with Gasteiger partial charge in [0.2, 0.25) is 0 Å². The van der Waals surface area contributed by atoms with Crippen LogP contribution in [0.4, 0.5) is 16.2 Å². The first-order chi connectivity index (χ1) is 13.7. The number of ether oxygens (including phenoxy) is 2. The third-order valence-corrected chi connectivity index (χ3v) is 4.60. The fraction of sp³-hybridized carbons (Fsp3) is 0.143. The summed E-state index contributed by atoms with van der Waals surface area (Å²) in [6.07, 6.45) is -0.534. The quantitative estimate of drug-likeness (QED) is 0.725. The highest BCUT2D eigenvalue weighted by molar-refractivity contribution is 5.84. The third-order valence-electron chi connectivity index (χ3n) is 4.60. The Morgan fingerprint density at radius 2 is 1.93 bits per heavy atom. The van der Waals surface area contributed by atoms with E-state index in [-0.39, 0.29) is 6.61 Å². The van der Waals surface area contributed by atoms with E-state index in [1.165, 1.54) is 0 Å². The number of nitriles is 1. The van der Waals surface area contributed by atoms with E-state index in [0.717, 1.165) is 22.5 Å². The van der Waals surface area contributed by atoms with Crippen LogP contribution in [-0.4, -0.2) is 10.7 Å². The molecule has 2 heterocycles. The van der Waals surface area contributed by atoms with Crippen molar-refractivity contribution in [2.24, 2.45) is 0 Å². The second-order valence-electron chi connectivity index (χ2n) is 6.36. The zero-order chi connectivity index (χ0) is 19.5. The Balaban J connectivity index is 1.47. The molecule has 0 bridgehead atoms. The van der Waals surface area contributed by atoms with Crippen molar-refractivity contribution in [1.82, 2.24) is 4.57 Å². The summed E-state index contributed by atoms with van der Waals surface area (Å²) in [5, 5.41) is 12.2. The monoisotopic (exact) mass is 374 g/mol. The minimum absolute atomic E-state index is 0.199. The van der Waals surface area contributed by atoms with Crippen LogP contribution in [0.25, 0.3) is 5.69 Å². The van der Waals surface area contributed by atoms with E-state index >= 15 is 0 Å². The van der Waals surface area contributed by atoms with Gasteiger partial charge in [0.1, 0.15) is 18.4 Å². The lowest BCUT2D eigenvalue weighted by molar-refractivity contribution is 0.132. The molecule has 0 unspecified atom stereocenters. The van der Waals surface area contributed by atoms with E-state index in [9.17, 15) is 10.1 Å². The number of benzene rings is 2. The Hall–Kier alpha value is -3.76. The molecule has 0 radical (unpaired) electrons. The zero-order valence-electron chi connectivity index (χ0n) is 15.0. The molecule has 28 heavy (non-hydrogen) atoms. The van der Waals surface area contributed by atoms with Crippen molar-refractivity contribution in [3.63, 3.8) is 0 Å². The molecule has 4 rings (SSSR count). The van der Waals surface area contributed by atoms with Crippen LogP contribution in [0.5, 0.6) is 0 Å². The molecular formula is C21H18N4O3. The maximum atomic E-state index is 12.0. The standard InChI is InChI=1S/C21H18N4O3/c22-10-18-20(23)17-12-27-13-19(17)25(18)16-8-6-15(7-9-16)24-21(26)28-11-14-4-2-1-3-5-14/h1-9H,11-13,23H2,(H,24,26). The van der Waals surface area contributed by atoms with Gasteiger partial charge in [-0.3, -0.25) is 5.32 Å². The Labute approximate surface area is 161 Å². The van der Waals surface area contributed by atoms with Crippen LogP contribution in [0.2, 0.25) is 0 Å². The van der Waals surface area contributed by atoms with Gasteiger partial charge < -0.3 is 19.8 Å². The van der Waals surface area contributed by atoms with Gasteiger partial charge in [-0.15, -0.1) is 0 Å². The van der Waals surface area contributed by atoms with Gasteiger partial charge in [0, 0.05) is 16.9 Å². The molecule has 3 aromatic rings. The number of anilines is 2. The molecule has 140 valence electrons. The molecule has 1 amide bonds. The van der Waals surface area contributed by atoms with Crippen LogP contribution >= 0.6 is 0 Å². The number of nitrogen functional groups attached to an aromatic ring is 1. The number of fused-ring (bicyclic) bond motifs is 1. The van der Waals surface area contributed by atoms with Gasteiger partial charge in [-0.1, -0.05) is 30.3 Å². The van der Waals surface area contributed by atoms with E-state index in [1.807, 2.05) is 42.5 Å². The first-order valence-corrected chi connectivity index (χ1v) is 8.75. The SMILES string of the molecule is N#Cc1c(N)c2c(n1-c1ccc(NC(=O)OCc3ccccc3)cc1)COC2. The van der Waals surface area contributed by atoms with E-state index in [2.05, 4.69) is 11.4 Å². The Morgan fingerprint density at radius 3 is 2.64 bits per heavy atom. The molecule has 2 aromatic carbocycles. The summed E-state index contributed by atoms with van der Waals surface area (Å²) >= 11 is 0. The fourth-order valence-electron chi connectivity index (χ4n) is 3.22. The molecule has 1 aromatic heterocycles. The molecule has 3 N–H and O–H groups in total. The summed E-state index contributed by atoms with van der Waals surface area (Å²) in [6, 6.07) is 18.7. The van der Waals surface area contributed by atoms with Gasteiger partial charge >= 0.3 is 6.09 Å². The van der Waals surface area contributed by atoms with Crippen LogP contribution in [0.15, 0.2) is 54.6 Å². The van der Waals surface area contributed by atoms with Gasteiger partial charge in [0.25, 0.3) is 0 Å². The summed E-state index contributed by atoms with van der Waals surface area (Å²) in [4.78, 5) is 12.0. The van der Waals surface area contributed by atoms with E-state index in [0.29, 0.717) is 30.3 Å². The van der Waals surface area contributed by atoms with E-state index < -0.39 is 6.09 Å². The van der Waals surface area contributed by atoms with Crippen LogP contribution in [-0.2, 0) is 29.3 Å². The third kappa shape index (κ3) is 3.29. The number of nitrogens with zero attached hydrogens (tertiary/aromatic N) is 2. The molecule has 0 fully saturated rings. The van der Waals surface area contributed by atoms with E-state index in [1.54, 1.807) is 16.7 Å². The number of carbonyl (C=O) groups excluding carboxylic acids is 1. The van der Waals surface area contributed by atoms with Crippen molar-refractivity contribution in [2.75, 3.05) is 11.1 Å². The Bertz CT molecular complexity index is 1050. The lowest BCUT2D eigenvalue weighted by atomic mass is 10.2. The number of nitrogens with one attached hydrogen (secondary N) is 1. The topological polar surface area (TPSA) is 102 Å². The summed E-state index contributed by atoms with van der Waals surface area (Å²) in [7, 11) is 0. The molecular weight excluding hydrogens is 356 g/mol. The number of carbonyl (C=O) groups is 1. The normalized spacial score (nSPS) is 12.2. The van der Waals surface area contributed by atoms with Crippen molar-refractivity contribution in [2.45, 2.75) is 19.8 Å². The summed E-state index contributed by atoms with van der Waals surface area (Å²) in [6.45, 7) is 1.02. The first-order valence-electron chi connectivity index (χ1n) is 8.75. The molecule has 0 aliphatic carbocycles. The first kappa shape index (κ1) is 17.6. The van der Waals surface area contributed by atoms with Crippen molar-refractivity contribution in [3.8, 4) is 11.8 Å². The molecule has 0 saturated carbocycles. The number of aromatic nitrogens is 1. The largest absolute Gasteiger partial charge is 0.444 e. The second-order valence-corrected chi connectivity index (χ2v) is 6.36. The van der Waals surface area contributed by atoms with Gasteiger partial charge in [-0.2, -0.15) is 5.26 Å². The number of amides is 1. The van der Waals surface area contributed by atoms with Crippen molar-refractivity contribution in [3.05, 3.63) is 77.1 Å². The maximum Gasteiger partial charge on any atom is 0.411 e. The summed E-state index contributed by atoms with van der Waals surface area (Å²) in [5.74, 6) is 0. The number of nitrogens with two attached hydrogens (primary N) is 1. The minimum Gasteiger partial charge on any atom is -0.444 e. The predicted molar refractivity (Wildman–Crippen MR) is 104 cm³/mol. The highest BCUT2D eigenvalue weighted by Crippen LogP contribution is 2.34. The Kier molecular flexibility index (Phi) is 4.70. The maximum absolute atomic E-state index is 12.0. The van der Waals surface area contributed by atoms with E-state index in [4.69, 9.17) is 15.2 Å². The molecule has 0 saturated heterocycles. The van der Waals surface area contributed by atoms with Crippen molar-refractivity contribution >= 4 is 17.5 Å². The second kappa shape index (κ2) is 7.47. The summed E-state index contributed by atoms with van der Waals surface area (Å²) < 4.78 is 12.5. The number of hydrogen-bond donors (Lipinski definition) is 2. The highest BCUT2D eigenvalue weighted by atomic mass is 16.5. The Morgan fingerprint density at radius 1 is 1.18 bits per heavy atom. The average Bonchev–Trinajstić information content (AvgIpc) is 3.30. The van der Waals surface area contributed by atoms with Crippen LogP contribution in [0.1, 0.15) is 22.5 Å². The van der Waals surface area contributed by atoms with Crippen molar-refractivity contribution in [1.29, 1.82) is 5.26 Å². The van der Waals surface area contributed by atoms with Crippen LogP contribution in [0.3, 0.4) is 0 Å². The lowest BCUT2D eigenvalue weighted by Gasteiger charge is -2.11. The van der Waals surface area contributed by atoms with Crippen LogP contribution < -0.4 is 11.1 Å². The molecule has 1 aliphatic rings. The number of rotatable bonds is 4. The van der Waals surface area contributed by atoms with Gasteiger partial charge in [0.05, 0.1) is 24.6 Å². The smallest absolute Gasteiger partial charge is 0.411 e. The minimum atomic E-state index is -0.534. The molecule has 1 aliphatic heterocycles. The average molecular weight is 374 g/mol. The molecule has 7 heteroatoms. The van der Waals surface area contributed by atoms with Gasteiger partial charge in [0.15, 0.2) is 0 Å². The zero-order valence-corrected chi connectivity index (χ0v) is 15.0. The lowest BCUT2D eigenvalue weighted by Crippen LogP contribution is -2.13.